The lowest BCUT2D eigenvalue weighted by molar-refractivity contribution is -0.122. The molecule has 0 saturated carbocycles. The summed E-state index contributed by atoms with van der Waals surface area (Å²) in [5, 5.41) is 2.79. The number of hydrogen-bond donors (Lipinski definition) is 2. The van der Waals surface area contributed by atoms with E-state index in [1.807, 2.05) is 31.2 Å². The van der Waals surface area contributed by atoms with Gasteiger partial charge in [0, 0.05) is 24.4 Å². The average Bonchev–Trinajstić information content (AvgIpc) is 2.60. The summed E-state index contributed by atoms with van der Waals surface area (Å²) in [6.45, 7) is 2.17. The van der Waals surface area contributed by atoms with Crippen molar-refractivity contribution in [3.63, 3.8) is 0 Å². The summed E-state index contributed by atoms with van der Waals surface area (Å²) in [4.78, 5) is 16.0. The molecule has 6 heteroatoms. The average molecular weight is 315 g/mol. The first kappa shape index (κ1) is 16.8. The first-order valence-corrected chi connectivity index (χ1v) is 7.43. The Morgan fingerprint density at radius 1 is 1.30 bits per heavy atom. The van der Waals surface area contributed by atoms with Crippen molar-refractivity contribution in [1.29, 1.82) is 0 Å². The van der Waals surface area contributed by atoms with E-state index in [1.165, 1.54) is 0 Å². The van der Waals surface area contributed by atoms with Gasteiger partial charge < -0.3 is 20.5 Å². The molecule has 1 atom stereocenters. The standard InChI is InChI=1S/C17H21N3O3/c1-3-15(18)16(21)20-11-12-6-5-9-19-17(12)23-14-8-4-7-13(10-14)22-2/h4-10,15H,3,11,18H2,1-2H3,(H,20,21)/t15-/m0/s1. The van der Waals surface area contributed by atoms with E-state index in [4.69, 9.17) is 15.2 Å². The number of nitrogens with two attached hydrogens (primary N) is 1. The van der Waals surface area contributed by atoms with Gasteiger partial charge >= 0.3 is 0 Å². The number of ether oxygens (including phenoxy) is 2. The lowest BCUT2D eigenvalue weighted by Crippen LogP contribution is -2.39. The molecule has 0 radical (unpaired) electrons. The molecule has 0 unspecified atom stereocenters. The normalized spacial score (nSPS) is 11.6. The maximum absolute atomic E-state index is 11.8. The number of pyridine rings is 1. The molecular weight excluding hydrogens is 294 g/mol. The van der Waals surface area contributed by atoms with Crippen LogP contribution in [0.1, 0.15) is 18.9 Å². The summed E-state index contributed by atoms with van der Waals surface area (Å²) in [5.41, 5.74) is 6.47. The molecule has 122 valence electrons. The van der Waals surface area contributed by atoms with Crippen molar-refractivity contribution < 1.29 is 14.3 Å². The van der Waals surface area contributed by atoms with Gasteiger partial charge in [0.15, 0.2) is 0 Å². The van der Waals surface area contributed by atoms with Gasteiger partial charge in [-0.25, -0.2) is 4.98 Å². The Hall–Kier alpha value is -2.60. The van der Waals surface area contributed by atoms with Crippen molar-refractivity contribution in [3.8, 4) is 17.4 Å². The van der Waals surface area contributed by atoms with Crippen LogP contribution in [0.15, 0.2) is 42.6 Å². The van der Waals surface area contributed by atoms with Crippen molar-refractivity contribution in [2.24, 2.45) is 5.73 Å². The van der Waals surface area contributed by atoms with Crippen LogP contribution in [0.3, 0.4) is 0 Å². The molecule has 1 amide bonds. The summed E-state index contributed by atoms with van der Waals surface area (Å²) < 4.78 is 11.0. The first-order chi connectivity index (χ1) is 11.1. The minimum absolute atomic E-state index is 0.191. The van der Waals surface area contributed by atoms with E-state index in [9.17, 15) is 4.79 Å². The second-order valence-corrected chi connectivity index (χ2v) is 4.98. The van der Waals surface area contributed by atoms with Crippen molar-refractivity contribution in [3.05, 3.63) is 48.2 Å². The van der Waals surface area contributed by atoms with Gasteiger partial charge in [-0.2, -0.15) is 0 Å². The van der Waals surface area contributed by atoms with Crippen LogP contribution in [0.5, 0.6) is 17.4 Å². The van der Waals surface area contributed by atoms with E-state index in [0.717, 1.165) is 5.56 Å². The van der Waals surface area contributed by atoms with Gasteiger partial charge in [0.2, 0.25) is 11.8 Å². The Morgan fingerprint density at radius 3 is 2.83 bits per heavy atom. The molecule has 2 rings (SSSR count). The van der Waals surface area contributed by atoms with Crippen LogP contribution in [-0.2, 0) is 11.3 Å². The van der Waals surface area contributed by atoms with Crippen LogP contribution in [0.2, 0.25) is 0 Å². The Bertz CT molecular complexity index is 661. The van der Waals surface area contributed by atoms with E-state index in [0.29, 0.717) is 30.3 Å². The minimum Gasteiger partial charge on any atom is -0.497 e. The van der Waals surface area contributed by atoms with Crippen LogP contribution < -0.4 is 20.5 Å². The number of nitrogens with one attached hydrogen (secondary N) is 1. The molecule has 0 aliphatic rings. The number of carbonyl (C=O) groups is 1. The summed E-state index contributed by atoms with van der Waals surface area (Å²) in [5.74, 6) is 1.55. The fourth-order valence-electron chi connectivity index (χ4n) is 1.93. The summed E-state index contributed by atoms with van der Waals surface area (Å²) >= 11 is 0. The molecule has 0 fully saturated rings. The Labute approximate surface area is 135 Å². The largest absolute Gasteiger partial charge is 0.497 e. The fraction of sp³-hybridized carbons (Fsp3) is 0.294. The van der Waals surface area contributed by atoms with Crippen LogP contribution in [-0.4, -0.2) is 24.0 Å². The Morgan fingerprint density at radius 2 is 2.09 bits per heavy atom. The molecule has 0 bridgehead atoms. The summed E-state index contributed by atoms with van der Waals surface area (Å²) in [6, 6.07) is 10.4. The number of nitrogens with zero attached hydrogens (tertiary/aromatic N) is 1. The van der Waals surface area contributed by atoms with Crippen LogP contribution in [0.4, 0.5) is 0 Å². The van der Waals surface area contributed by atoms with Crippen LogP contribution >= 0.6 is 0 Å². The predicted molar refractivity (Wildman–Crippen MR) is 87.4 cm³/mol. The number of rotatable bonds is 7. The number of benzene rings is 1. The third-order valence-corrected chi connectivity index (χ3v) is 3.34. The van der Waals surface area contributed by atoms with E-state index in [1.54, 1.807) is 25.4 Å². The first-order valence-electron chi connectivity index (χ1n) is 7.43. The summed E-state index contributed by atoms with van der Waals surface area (Å²) in [6.07, 6.45) is 2.23. The van der Waals surface area contributed by atoms with E-state index in [-0.39, 0.29) is 5.91 Å². The van der Waals surface area contributed by atoms with Gasteiger partial charge in [-0.15, -0.1) is 0 Å². The second kappa shape index (κ2) is 8.14. The molecule has 6 nitrogen and oxygen atoms in total. The minimum atomic E-state index is -0.505. The molecule has 0 aliphatic carbocycles. The summed E-state index contributed by atoms with van der Waals surface area (Å²) in [7, 11) is 1.60. The van der Waals surface area contributed by atoms with E-state index >= 15 is 0 Å². The molecule has 0 spiro atoms. The van der Waals surface area contributed by atoms with Crippen molar-refractivity contribution >= 4 is 5.91 Å². The zero-order chi connectivity index (χ0) is 16.7. The number of carbonyl (C=O) groups excluding carboxylic acids is 1. The van der Waals surface area contributed by atoms with Gasteiger partial charge in [-0.05, 0) is 24.6 Å². The smallest absolute Gasteiger partial charge is 0.237 e. The molecule has 2 aromatic rings. The molecule has 1 heterocycles. The highest BCUT2D eigenvalue weighted by Crippen LogP contribution is 2.26. The number of aromatic nitrogens is 1. The maximum Gasteiger partial charge on any atom is 0.237 e. The van der Waals surface area contributed by atoms with Crippen LogP contribution in [0.25, 0.3) is 0 Å². The van der Waals surface area contributed by atoms with E-state index < -0.39 is 6.04 Å². The molecule has 1 aromatic carbocycles. The zero-order valence-electron chi connectivity index (χ0n) is 13.3. The third kappa shape index (κ3) is 4.69. The zero-order valence-corrected chi connectivity index (χ0v) is 13.3. The molecular formula is C17H21N3O3. The maximum atomic E-state index is 11.8. The SMILES string of the molecule is CC[C@H](N)C(=O)NCc1cccnc1Oc1cccc(OC)c1. The Balaban J connectivity index is 2.09. The molecule has 23 heavy (non-hydrogen) atoms. The van der Waals surface area contributed by atoms with Gasteiger partial charge in [0.25, 0.3) is 0 Å². The number of methoxy groups -OCH3 is 1. The fourth-order valence-corrected chi connectivity index (χ4v) is 1.93. The second-order valence-electron chi connectivity index (χ2n) is 4.98. The van der Waals surface area contributed by atoms with Crippen molar-refractivity contribution in [2.75, 3.05) is 7.11 Å². The molecule has 0 saturated heterocycles. The molecule has 3 N–H and O–H groups in total. The van der Waals surface area contributed by atoms with Gasteiger partial charge in [0.05, 0.1) is 13.2 Å². The Kier molecular flexibility index (Phi) is 5.94. The predicted octanol–water partition coefficient (Wildman–Crippen LogP) is 2.24. The highest BCUT2D eigenvalue weighted by atomic mass is 16.5. The highest BCUT2D eigenvalue weighted by molar-refractivity contribution is 5.81. The van der Waals surface area contributed by atoms with Crippen molar-refractivity contribution in [1.82, 2.24) is 10.3 Å². The van der Waals surface area contributed by atoms with Crippen LogP contribution in [0, 0.1) is 0 Å². The van der Waals surface area contributed by atoms with E-state index in [2.05, 4.69) is 10.3 Å². The molecule has 0 aliphatic heterocycles. The lowest BCUT2D eigenvalue weighted by atomic mass is 10.2. The topological polar surface area (TPSA) is 86.5 Å². The van der Waals surface area contributed by atoms with Gasteiger partial charge in [-0.1, -0.05) is 19.1 Å². The van der Waals surface area contributed by atoms with Gasteiger partial charge in [0.1, 0.15) is 11.5 Å². The van der Waals surface area contributed by atoms with Gasteiger partial charge in [-0.3, -0.25) is 4.79 Å². The molecule has 1 aromatic heterocycles. The number of amides is 1. The van der Waals surface area contributed by atoms with Crippen molar-refractivity contribution in [2.45, 2.75) is 25.9 Å². The quantitative estimate of drug-likeness (QED) is 0.818. The number of hydrogen-bond acceptors (Lipinski definition) is 5. The highest BCUT2D eigenvalue weighted by Gasteiger charge is 2.12. The monoisotopic (exact) mass is 315 g/mol. The third-order valence-electron chi connectivity index (χ3n) is 3.34. The lowest BCUT2D eigenvalue weighted by Gasteiger charge is -2.13.